The van der Waals surface area contributed by atoms with Crippen LogP contribution >= 0.6 is 0 Å². The number of phenolic OH excluding ortho intramolecular Hbond substituents is 1. The van der Waals surface area contributed by atoms with Gasteiger partial charge in [0.15, 0.2) is 11.5 Å². The zero-order chi connectivity index (χ0) is 19.2. The Balaban J connectivity index is 2.16. The van der Waals surface area contributed by atoms with Crippen molar-refractivity contribution >= 4 is 15.9 Å². The second-order valence-electron chi connectivity index (χ2n) is 5.08. The van der Waals surface area contributed by atoms with Crippen LogP contribution in [-0.4, -0.2) is 32.6 Å². The highest BCUT2D eigenvalue weighted by Crippen LogP contribution is 2.30. The van der Waals surface area contributed by atoms with Gasteiger partial charge in [-0.3, -0.25) is 10.2 Å². The summed E-state index contributed by atoms with van der Waals surface area (Å²) >= 11 is 0. The summed E-state index contributed by atoms with van der Waals surface area (Å²) < 4.78 is 35.6. The first-order chi connectivity index (χ1) is 12.4. The van der Waals surface area contributed by atoms with E-state index in [1.165, 1.54) is 42.5 Å². The molecule has 9 heteroatoms. The van der Waals surface area contributed by atoms with E-state index in [-0.39, 0.29) is 22.0 Å². The third-order valence-corrected chi connectivity index (χ3v) is 4.48. The fraction of sp³-hybridized carbons (Fsp3) is 0.235. The van der Waals surface area contributed by atoms with Crippen molar-refractivity contribution in [1.82, 2.24) is 10.3 Å². The highest BCUT2D eigenvalue weighted by molar-refractivity contribution is 7.89. The molecule has 0 aliphatic heterocycles. The Labute approximate surface area is 151 Å². The van der Waals surface area contributed by atoms with E-state index in [2.05, 4.69) is 5.43 Å². The van der Waals surface area contributed by atoms with E-state index in [1.54, 1.807) is 13.8 Å². The number of ether oxygens (including phenoxy) is 2. The molecule has 0 bridgehead atoms. The molecule has 2 rings (SSSR count). The van der Waals surface area contributed by atoms with Crippen LogP contribution in [0.4, 0.5) is 0 Å². The fourth-order valence-electron chi connectivity index (χ4n) is 2.09. The number of hydrazine groups is 1. The second-order valence-corrected chi connectivity index (χ2v) is 6.77. The molecule has 0 saturated carbocycles. The lowest BCUT2D eigenvalue weighted by molar-refractivity contribution is 0.0944. The number of aromatic hydroxyl groups is 1. The summed E-state index contributed by atoms with van der Waals surface area (Å²) in [5.41, 5.74) is 2.20. The lowest BCUT2D eigenvalue weighted by Crippen LogP contribution is -2.41. The summed E-state index contributed by atoms with van der Waals surface area (Å²) in [6, 6.07) is 9.67. The summed E-state index contributed by atoms with van der Waals surface area (Å²) in [4.78, 5) is 13.9. The Kier molecular flexibility index (Phi) is 6.42. The minimum Gasteiger partial charge on any atom is -0.508 e. The van der Waals surface area contributed by atoms with Crippen LogP contribution in [0.5, 0.6) is 17.2 Å². The van der Waals surface area contributed by atoms with Crippen LogP contribution in [0.25, 0.3) is 0 Å². The van der Waals surface area contributed by atoms with Gasteiger partial charge in [0.05, 0.1) is 18.1 Å². The molecule has 8 nitrogen and oxygen atoms in total. The summed E-state index contributed by atoms with van der Waals surface area (Å²) in [6.45, 7) is 4.32. The van der Waals surface area contributed by atoms with Gasteiger partial charge in [-0.15, -0.1) is 4.83 Å². The topological polar surface area (TPSA) is 114 Å². The van der Waals surface area contributed by atoms with Crippen LogP contribution in [0.1, 0.15) is 24.2 Å². The minimum atomic E-state index is -4.03. The predicted molar refractivity (Wildman–Crippen MR) is 94.7 cm³/mol. The van der Waals surface area contributed by atoms with Crippen molar-refractivity contribution in [3.8, 4) is 17.2 Å². The van der Waals surface area contributed by atoms with Crippen molar-refractivity contribution in [2.24, 2.45) is 0 Å². The molecule has 3 N–H and O–H groups in total. The third kappa shape index (κ3) is 4.87. The van der Waals surface area contributed by atoms with E-state index in [1.807, 2.05) is 4.83 Å². The maximum Gasteiger partial charge on any atom is 0.266 e. The fourth-order valence-corrected chi connectivity index (χ4v) is 2.94. The number of hydrogen-bond acceptors (Lipinski definition) is 6. The molecule has 1 amide bonds. The van der Waals surface area contributed by atoms with E-state index in [9.17, 15) is 18.3 Å². The number of carbonyl (C=O) groups excluding carboxylic acids is 1. The lowest BCUT2D eigenvalue weighted by atomic mass is 10.2. The normalized spacial score (nSPS) is 11.0. The monoisotopic (exact) mass is 380 g/mol. The van der Waals surface area contributed by atoms with Gasteiger partial charge in [0.2, 0.25) is 0 Å². The van der Waals surface area contributed by atoms with Gasteiger partial charge in [-0.25, -0.2) is 8.42 Å². The van der Waals surface area contributed by atoms with Gasteiger partial charge in [0, 0.05) is 11.6 Å². The molecule has 0 spiro atoms. The van der Waals surface area contributed by atoms with Crippen molar-refractivity contribution < 1.29 is 27.8 Å². The second kappa shape index (κ2) is 8.54. The molecule has 2 aromatic carbocycles. The molecule has 2 aromatic rings. The molecule has 0 atom stereocenters. The molecular weight excluding hydrogens is 360 g/mol. The zero-order valence-corrected chi connectivity index (χ0v) is 15.2. The van der Waals surface area contributed by atoms with Crippen LogP contribution in [0, 0.1) is 0 Å². The van der Waals surface area contributed by atoms with Gasteiger partial charge in [0.1, 0.15) is 5.75 Å². The van der Waals surface area contributed by atoms with Gasteiger partial charge < -0.3 is 14.6 Å². The molecule has 0 aliphatic rings. The molecule has 0 aromatic heterocycles. The first-order valence-electron chi connectivity index (χ1n) is 7.88. The summed E-state index contributed by atoms with van der Waals surface area (Å²) in [7, 11) is -4.03. The van der Waals surface area contributed by atoms with Gasteiger partial charge in [-0.05, 0) is 44.2 Å². The summed E-state index contributed by atoms with van der Waals surface area (Å²) in [5.74, 6) is -0.0950. The number of benzene rings is 2. The summed E-state index contributed by atoms with van der Waals surface area (Å²) in [5, 5.41) is 9.37. The third-order valence-electron chi connectivity index (χ3n) is 3.23. The first-order valence-corrected chi connectivity index (χ1v) is 9.36. The largest absolute Gasteiger partial charge is 0.508 e. The number of nitrogens with one attached hydrogen (secondary N) is 2. The number of rotatable bonds is 8. The SMILES string of the molecule is CCOc1ccc(S(=O)(=O)NNC(=O)c2cccc(O)c2)cc1OCC. The van der Waals surface area contributed by atoms with Crippen molar-refractivity contribution in [3.05, 3.63) is 48.0 Å². The Morgan fingerprint density at radius 2 is 1.73 bits per heavy atom. The molecule has 0 radical (unpaired) electrons. The highest BCUT2D eigenvalue weighted by Gasteiger charge is 2.18. The van der Waals surface area contributed by atoms with E-state index >= 15 is 0 Å². The Bertz CT molecular complexity index is 883. The van der Waals surface area contributed by atoms with Crippen LogP contribution in [0.2, 0.25) is 0 Å². The van der Waals surface area contributed by atoms with E-state index in [0.29, 0.717) is 19.0 Å². The Morgan fingerprint density at radius 3 is 2.38 bits per heavy atom. The number of amides is 1. The maximum absolute atomic E-state index is 12.4. The van der Waals surface area contributed by atoms with Gasteiger partial charge in [0.25, 0.3) is 15.9 Å². The van der Waals surface area contributed by atoms with Crippen molar-refractivity contribution in [1.29, 1.82) is 0 Å². The molecule has 140 valence electrons. The van der Waals surface area contributed by atoms with Crippen molar-refractivity contribution in [2.75, 3.05) is 13.2 Å². The molecule has 0 saturated heterocycles. The van der Waals surface area contributed by atoms with Crippen LogP contribution in [0.3, 0.4) is 0 Å². The highest BCUT2D eigenvalue weighted by atomic mass is 32.2. The van der Waals surface area contributed by atoms with Crippen molar-refractivity contribution in [2.45, 2.75) is 18.7 Å². The quantitative estimate of drug-likeness (QED) is 0.602. The van der Waals surface area contributed by atoms with E-state index < -0.39 is 15.9 Å². The lowest BCUT2D eigenvalue weighted by Gasteiger charge is -2.13. The number of hydrogen-bond donors (Lipinski definition) is 3. The van der Waals surface area contributed by atoms with E-state index in [0.717, 1.165) is 0 Å². The van der Waals surface area contributed by atoms with Crippen LogP contribution < -0.4 is 19.7 Å². The van der Waals surface area contributed by atoms with Gasteiger partial charge in [-0.2, -0.15) is 0 Å². The first kappa shape index (κ1) is 19.5. The van der Waals surface area contributed by atoms with Crippen LogP contribution in [-0.2, 0) is 10.0 Å². The molecule has 0 heterocycles. The van der Waals surface area contributed by atoms with Crippen molar-refractivity contribution in [3.63, 3.8) is 0 Å². The molecule has 0 aliphatic carbocycles. The Hall–Kier alpha value is -2.78. The van der Waals surface area contributed by atoms with Gasteiger partial charge >= 0.3 is 0 Å². The van der Waals surface area contributed by atoms with E-state index in [4.69, 9.17) is 9.47 Å². The Morgan fingerprint density at radius 1 is 1.04 bits per heavy atom. The zero-order valence-electron chi connectivity index (χ0n) is 14.4. The van der Waals surface area contributed by atoms with Gasteiger partial charge in [-0.1, -0.05) is 6.07 Å². The molecule has 26 heavy (non-hydrogen) atoms. The minimum absolute atomic E-state index is 0.0967. The molecular formula is C17H20N2O6S. The number of phenols is 1. The smallest absolute Gasteiger partial charge is 0.266 e. The average Bonchev–Trinajstić information content (AvgIpc) is 2.61. The number of sulfonamides is 1. The summed E-state index contributed by atoms with van der Waals surface area (Å²) in [6.07, 6.45) is 0. The van der Waals surface area contributed by atoms with Crippen LogP contribution in [0.15, 0.2) is 47.4 Å². The molecule has 0 fully saturated rings. The predicted octanol–water partition coefficient (Wildman–Crippen LogP) is 1.81. The average molecular weight is 380 g/mol. The molecule has 0 unspecified atom stereocenters. The maximum atomic E-state index is 12.4. The number of carbonyl (C=O) groups is 1. The standard InChI is InChI=1S/C17H20N2O6S/c1-3-24-15-9-8-14(11-16(15)25-4-2)26(22,23)19-18-17(21)12-6-5-7-13(20)10-12/h5-11,19-20H,3-4H2,1-2H3,(H,18,21).